The van der Waals surface area contributed by atoms with Gasteiger partial charge in [-0.3, -0.25) is 9.59 Å². The van der Waals surface area contributed by atoms with Crippen LogP contribution < -0.4 is 9.64 Å². The number of anilines is 1. The van der Waals surface area contributed by atoms with Gasteiger partial charge >= 0.3 is 11.9 Å². The van der Waals surface area contributed by atoms with Crippen LogP contribution in [-0.4, -0.2) is 68.6 Å². The highest BCUT2D eigenvalue weighted by Crippen LogP contribution is 2.75. The Kier molecular flexibility index (Phi) is 4.01. The molecule has 1 aliphatic carbocycles. The molecule has 6 aliphatic rings. The topological polar surface area (TPSA) is 88.1 Å². The van der Waals surface area contributed by atoms with Gasteiger partial charge < -0.3 is 29.0 Å². The number of hydrogen-bond acceptors (Lipinski definition) is 7. The normalized spacial score (nSPS) is 44.6. The fourth-order valence-corrected chi connectivity index (χ4v) is 8.75. The van der Waals surface area contributed by atoms with Crippen LogP contribution in [0.1, 0.15) is 32.3 Å². The molecule has 0 N–H and O–H groups in total. The van der Waals surface area contributed by atoms with Gasteiger partial charge in [-0.2, -0.15) is 0 Å². The quantitative estimate of drug-likeness (QED) is 0.300. The van der Waals surface area contributed by atoms with Crippen molar-refractivity contribution in [1.29, 1.82) is 0 Å². The molecule has 5 heterocycles. The molecule has 1 saturated carbocycles. The summed E-state index contributed by atoms with van der Waals surface area (Å²) in [6.45, 7) is 3.68. The van der Waals surface area contributed by atoms with E-state index in [0.717, 1.165) is 16.8 Å². The van der Waals surface area contributed by atoms with E-state index in [1.54, 1.807) is 7.11 Å². The summed E-state index contributed by atoms with van der Waals surface area (Å²) in [5.41, 5.74) is 1.08. The predicted octanol–water partition coefficient (Wildman–Crippen LogP) is 2.29. The Morgan fingerprint density at radius 2 is 2.06 bits per heavy atom. The summed E-state index contributed by atoms with van der Waals surface area (Å²) >= 11 is 0. The molecule has 0 amide bonds. The lowest BCUT2D eigenvalue weighted by Crippen LogP contribution is -2.79. The number of hydroxylamine groups is 3. The Balaban J connectivity index is 1.71. The SMILES string of the molecule is C/C=C1/C[N@@+]2([O-])[C@H]3C[C@@H]1[C@]1(C(=O)OC)[C@@H](OC(C)=O)[C@]4(C[C@@H]12)c1cc(OC)ccc1N(C)[C@H]34. The molecular formula is C25H30N2O6. The van der Waals surface area contributed by atoms with E-state index in [9.17, 15) is 14.8 Å². The van der Waals surface area contributed by atoms with Crippen molar-refractivity contribution in [2.24, 2.45) is 11.3 Å². The highest BCUT2D eigenvalue weighted by Gasteiger charge is 2.88. The first-order chi connectivity index (χ1) is 15.7. The molecule has 1 aromatic carbocycles. The van der Waals surface area contributed by atoms with E-state index in [0.29, 0.717) is 25.1 Å². The second kappa shape index (κ2) is 6.30. The van der Waals surface area contributed by atoms with Crippen LogP contribution in [-0.2, 0) is 24.5 Å². The van der Waals surface area contributed by atoms with Crippen molar-refractivity contribution in [3.63, 3.8) is 0 Å². The maximum absolute atomic E-state index is 14.8. The second-order valence-corrected chi connectivity index (χ2v) is 10.3. The molecule has 5 fully saturated rings. The predicted molar refractivity (Wildman–Crippen MR) is 119 cm³/mol. The summed E-state index contributed by atoms with van der Waals surface area (Å²) < 4.78 is 16.7. The summed E-state index contributed by atoms with van der Waals surface area (Å²) in [4.78, 5) is 28.5. The molecule has 5 aliphatic heterocycles. The molecule has 8 atom stereocenters. The van der Waals surface area contributed by atoms with E-state index in [4.69, 9.17) is 14.2 Å². The smallest absolute Gasteiger partial charge is 0.322 e. The maximum atomic E-state index is 14.8. The molecule has 8 heteroatoms. The number of allylic oxidation sites excluding steroid dienone is 1. The molecule has 1 aromatic rings. The molecule has 5 bridgehead atoms. The van der Waals surface area contributed by atoms with Crippen LogP contribution in [0.25, 0.3) is 0 Å². The zero-order valence-corrected chi connectivity index (χ0v) is 19.7. The number of hydrogen-bond donors (Lipinski definition) is 0. The molecule has 0 radical (unpaired) electrons. The number of carbonyl (C=O) groups is 2. The molecular weight excluding hydrogens is 424 g/mol. The van der Waals surface area contributed by atoms with Crippen LogP contribution in [0.5, 0.6) is 5.75 Å². The minimum atomic E-state index is -1.21. The first-order valence-corrected chi connectivity index (χ1v) is 11.6. The lowest BCUT2D eigenvalue weighted by molar-refractivity contribution is -0.950. The van der Waals surface area contributed by atoms with Crippen LogP contribution in [0, 0.1) is 16.5 Å². The Labute approximate surface area is 193 Å². The minimum Gasteiger partial charge on any atom is -0.632 e. The largest absolute Gasteiger partial charge is 0.632 e. The van der Waals surface area contributed by atoms with Gasteiger partial charge in [0.05, 0.1) is 25.7 Å². The average molecular weight is 455 g/mol. The number of methoxy groups -OCH3 is 2. The molecule has 0 unspecified atom stereocenters. The van der Waals surface area contributed by atoms with Crippen LogP contribution >= 0.6 is 0 Å². The molecule has 176 valence electrons. The number of nitrogens with zero attached hydrogens (tertiary/aromatic N) is 2. The van der Waals surface area contributed by atoms with E-state index >= 15 is 0 Å². The highest BCUT2D eigenvalue weighted by molar-refractivity contribution is 5.84. The van der Waals surface area contributed by atoms with Gasteiger partial charge in [0.2, 0.25) is 0 Å². The van der Waals surface area contributed by atoms with Crippen molar-refractivity contribution in [2.75, 3.05) is 32.7 Å². The molecule has 8 nitrogen and oxygen atoms in total. The average Bonchev–Trinajstić information content (AvgIpc) is 3.18. The lowest BCUT2D eigenvalue weighted by Gasteiger charge is -2.69. The number of benzene rings is 1. The van der Waals surface area contributed by atoms with Gasteiger partial charge in [-0.1, -0.05) is 6.08 Å². The Bertz CT molecular complexity index is 1120. The van der Waals surface area contributed by atoms with Gasteiger partial charge in [0.25, 0.3) is 0 Å². The Hall–Kier alpha value is -2.58. The number of piperidine rings is 4. The minimum absolute atomic E-state index is 0.185. The first kappa shape index (κ1) is 21.0. The zero-order valence-electron chi connectivity index (χ0n) is 19.7. The van der Waals surface area contributed by atoms with Gasteiger partial charge in [-0.05, 0) is 36.3 Å². The molecule has 4 saturated heterocycles. The zero-order chi connectivity index (χ0) is 23.5. The van der Waals surface area contributed by atoms with E-state index < -0.39 is 39.6 Å². The Morgan fingerprint density at radius 1 is 1.30 bits per heavy atom. The fourth-order valence-electron chi connectivity index (χ4n) is 8.75. The summed E-state index contributed by atoms with van der Waals surface area (Å²) in [6.07, 6.45) is 2.24. The van der Waals surface area contributed by atoms with Crippen molar-refractivity contribution in [3.05, 3.63) is 40.6 Å². The number of carbonyl (C=O) groups excluding carboxylic acids is 2. The van der Waals surface area contributed by atoms with Crippen molar-refractivity contribution in [3.8, 4) is 5.75 Å². The van der Waals surface area contributed by atoms with Gasteiger partial charge in [-0.15, -0.1) is 0 Å². The van der Waals surface area contributed by atoms with Crippen molar-refractivity contribution < 1.29 is 28.4 Å². The third kappa shape index (κ3) is 2.03. The van der Waals surface area contributed by atoms with Gasteiger partial charge in [0, 0.05) is 38.4 Å². The number of ether oxygens (including phenoxy) is 3. The van der Waals surface area contributed by atoms with E-state index in [-0.39, 0.29) is 18.0 Å². The lowest BCUT2D eigenvalue weighted by atomic mass is 9.58. The van der Waals surface area contributed by atoms with Crippen LogP contribution in [0.2, 0.25) is 0 Å². The molecule has 33 heavy (non-hydrogen) atoms. The van der Waals surface area contributed by atoms with Gasteiger partial charge in [0.1, 0.15) is 30.5 Å². The maximum Gasteiger partial charge on any atom is 0.322 e. The van der Waals surface area contributed by atoms with Crippen molar-refractivity contribution in [2.45, 2.75) is 56.3 Å². The summed E-state index contributed by atoms with van der Waals surface area (Å²) in [5.74, 6) is -0.362. The highest BCUT2D eigenvalue weighted by atomic mass is 16.6. The number of likely N-dealkylation sites (N-methyl/N-ethyl adjacent to an activating group) is 1. The second-order valence-electron chi connectivity index (χ2n) is 10.3. The fraction of sp³-hybridized carbons (Fsp3) is 0.600. The molecule has 1 spiro atoms. The van der Waals surface area contributed by atoms with Gasteiger partial charge in [-0.25, -0.2) is 0 Å². The third-order valence-electron chi connectivity index (χ3n) is 9.59. The molecule has 7 rings (SSSR count). The monoisotopic (exact) mass is 454 g/mol. The summed E-state index contributed by atoms with van der Waals surface area (Å²) in [6, 6.07) is 4.99. The van der Waals surface area contributed by atoms with E-state index in [1.807, 2.05) is 38.2 Å². The third-order valence-corrected chi connectivity index (χ3v) is 9.59. The number of esters is 2. The summed E-state index contributed by atoms with van der Waals surface area (Å²) in [5, 5.41) is 14.8. The summed E-state index contributed by atoms with van der Waals surface area (Å²) in [7, 11) is 5.01. The van der Waals surface area contributed by atoms with Crippen LogP contribution in [0.15, 0.2) is 29.8 Å². The van der Waals surface area contributed by atoms with Gasteiger partial charge in [0.15, 0.2) is 5.41 Å². The van der Waals surface area contributed by atoms with E-state index in [1.165, 1.54) is 14.0 Å². The number of rotatable bonds is 3. The van der Waals surface area contributed by atoms with Crippen molar-refractivity contribution >= 4 is 17.6 Å². The van der Waals surface area contributed by atoms with Crippen molar-refractivity contribution in [1.82, 2.24) is 0 Å². The molecule has 0 aromatic heterocycles. The number of fused-ring (bicyclic) bond motifs is 2. The van der Waals surface area contributed by atoms with E-state index in [2.05, 4.69) is 4.90 Å². The Morgan fingerprint density at radius 3 is 2.70 bits per heavy atom. The first-order valence-electron chi connectivity index (χ1n) is 11.6. The van der Waals surface area contributed by atoms with Crippen LogP contribution in [0.4, 0.5) is 5.69 Å². The standard InChI is InChI=1S/C25H30N2O6/c1-6-14-12-27(30)19-10-16(14)25(23(29)32-5)20(27)11-24(22(25)33-13(2)28)17-9-15(31-4)7-8-18(17)26(3)21(19)24/h6-9,16,19-22H,10-12H2,1-5H3/b14-6-/t16-,19-,20-,21+,22-,24+,25+,27+/m0/s1. The van der Waals surface area contributed by atoms with Crippen LogP contribution in [0.3, 0.4) is 0 Å². The number of quaternary nitrogens is 1.